The molecule has 0 aliphatic heterocycles. The van der Waals surface area contributed by atoms with Gasteiger partial charge in [-0.15, -0.1) is 0 Å². The van der Waals surface area contributed by atoms with E-state index in [1.54, 1.807) is 7.11 Å². The molecule has 6 heteroatoms. The molecule has 0 radical (unpaired) electrons. The summed E-state index contributed by atoms with van der Waals surface area (Å²) >= 11 is 0. The van der Waals surface area contributed by atoms with Crippen LogP contribution in [-0.4, -0.2) is 33.5 Å². The van der Waals surface area contributed by atoms with Gasteiger partial charge in [0.05, 0.1) is 17.1 Å². The number of hydrogen-bond donors (Lipinski definition) is 1. The number of aromatic nitrogens is 4. The first kappa shape index (κ1) is 12.8. The molecule has 18 heavy (non-hydrogen) atoms. The number of fused-ring (bicyclic) bond motifs is 1. The van der Waals surface area contributed by atoms with E-state index in [1.165, 1.54) is 6.33 Å². The average molecular weight is 249 g/mol. The van der Waals surface area contributed by atoms with Gasteiger partial charge in [-0.25, -0.2) is 14.6 Å². The number of aryl methyl sites for hydroxylation is 1. The normalized spacial score (nSPS) is 13.1. The quantitative estimate of drug-likeness (QED) is 0.872. The molecule has 0 amide bonds. The molecular formula is C12H19N5O. The van der Waals surface area contributed by atoms with Crippen molar-refractivity contribution < 1.29 is 4.74 Å². The first-order valence-corrected chi connectivity index (χ1v) is 6.13. The van der Waals surface area contributed by atoms with Crippen molar-refractivity contribution in [1.29, 1.82) is 0 Å². The van der Waals surface area contributed by atoms with E-state index in [0.29, 0.717) is 12.4 Å². The summed E-state index contributed by atoms with van der Waals surface area (Å²) in [4.78, 5) is 8.33. The Labute approximate surface area is 106 Å². The Morgan fingerprint density at radius 3 is 2.89 bits per heavy atom. The summed E-state index contributed by atoms with van der Waals surface area (Å²) in [5, 5.41) is 5.41. The Balaban J connectivity index is 2.47. The van der Waals surface area contributed by atoms with Crippen LogP contribution < -0.4 is 5.73 Å². The Bertz CT molecular complexity index is 536. The molecule has 0 aliphatic carbocycles. The van der Waals surface area contributed by atoms with Gasteiger partial charge in [-0.1, -0.05) is 6.92 Å². The summed E-state index contributed by atoms with van der Waals surface area (Å²) in [6.45, 7) is 4.77. The Morgan fingerprint density at radius 2 is 2.22 bits per heavy atom. The minimum Gasteiger partial charge on any atom is -0.385 e. The third-order valence-electron chi connectivity index (χ3n) is 3.17. The largest absolute Gasteiger partial charge is 0.385 e. The predicted octanol–water partition coefficient (Wildman–Crippen LogP) is 1.70. The fraction of sp³-hybridized carbons (Fsp3) is 0.583. The van der Waals surface area contributed by atoms with Crippen molar-refractivity contribution >= 4 is 16.9 Å². The fourth-order valence-corrected chi connectivity index (χ4v) is 2.18. The molecule has 98 valence electrons. The lowest BCUT2D eigenvalue weighted by Crippen LogP contribution is -2.13. The Kier molecular flexibility index (Phi) is 3.76. The van der Waals surface area contributed by atoms with E-state index < -0.39 is 0 Å². The molecule has 0 bridgehead atoms. The number of hydrogen-bond acceptors (Lipinski definition) is 5. The van der Waals surface area contributed by atoms with E-state index in [4.69, 9.17) is 10.5 Å². The van der Waals surface area contributed by atoms with Gasteiger partial charge in [-0.05, 0) is 19.8 Å². The van der Waals surface area contributed by atoms with Crippen LogP contribution in [0.3, 0.4) is 0 Å². The topological polar surface area (TPSA) is 78.9 Å². The lowest BCUT2D eigenvalue weighted by molar-refractivity contribution is 0.175. The van der Waals surface area contributed by atoms with Crippen LogP contribution in [0.4, 0.5) is 5.82 Å². The van der Waals surface area contributed by atoms with Gasteiger partial charge in [0, 0.05) is 13.7 Å². The van der Waals surface area contributed by atoms with Gasteiger partial charge in [0.1, 0.15) is 12.1 Å². The molecule has 2 heterocycles. The van der Waals surface area contributed by atoms with Crippen LogP contribution in [0.5, 0.6) is 0 Å². The molecule has 0 spiro atoms. The average Bonchev–Trinajstić information content (AvgIpc) is 2.70. The van der Waals surface area contributed by atoms with Crippen LogP contribution in [0.25, 0.3) is 11.0 Å². The van der Waals surface area contributed by atoms with E-state index in [9.17, 15) is 0 Å². The Morgan fingerprint density at radius 1 is 1.44 bits per heavy atom. The van der Waals surface area contributed by atoms with E-state index in [1.807, 2.05) is 11.6 Å². The zero-order valence-electron chi connectivity index (χ0n) is 11.1. The van der Waals surface area contributed by atoms with Crippen molar-refractivity contribution in [2.45, 2.75) is 32.7 Å². The molecule has 6 nitrogen and oxygen atoms in total. The molecule has 2 aromatic rings. The summed E-state index contributed by atoms with van der Waals surface area (Å²) in [5.41, 5.74) is 7.57. The number of anilines is 1. The maximum atomic E-state index is 5.88. The molecular weight excluding hydrogens is 230 g/mol. The van der Waals surface area contributed by atoms with E-state index in [2.05, 4.69) is 22.0 Å². The lowest BCUT2D eigenvalue weighted by Gasteiger charge is -2.15. The molecule has 1 unspecified atom stereocenters. The van der Waals surface area contributed by atoms with Crippen molar-refractivity contribution in [2.75, 3.05) is 19.5 Å². The summed E-state index contributed by atoms with van der Waals surface area (Å²) in [5.74, 6) is 0.491. The van der Waals surface area contributed by atoms with Crippen molar-refractivity contribution in [2.24, 2.45) is 0 Å². The van der Waals surface area contributed by atoms with Gasteiger partial charge >= 0.3 is 0 Å². The molecule has 0 saturated heterocycles. The Hall–Kier alpha value is -1.69. The van der Waals surface area contributed by atoms with Crippen LogP contribution in [-0.2, 0) is 4.74 Å². The molecule has 2 N–H and O–H groups in total. The maximum Gasteiger partial charge on any atom is 0.163 e. The number of ether oxygens (including phenoxy) is 1. The number of nitrogens with zero attached hydrogens (tertiary/aromatic N) is 4. The van der Waals surface area contributed by atoms with Gasteiger partial charge in [0.25, 0.3) is 0 Å². The van der Waals surface area contributed by atoms with Crippen molar-refractivity contribution in [1.82, 2.24) is 19.7 Å². The first-order valence-electron chi connectivity index (χ1n) is 6.13. The highest BCUT2D eigenvalue weighted by Crippen LogP contribution is 2.25. The van der Waals surface area contributed by atoms with Crippen molar-refractivity contribution in [3.63, 3.8) is 0 Å². The lowest BCUT2D eigenvalue weighted by atomic mass is 10.1. The molecule has 0 aromatic carbocycles. The van der Waals surface area contributed by atoms with E-state index >= 15 is 0 Å². The molecule has 0 saturated carbocycles. The van der Waals surface area contributed by atoms with Gasteiger partial charge in [-0.3, -0.25) is 0 Å². The zero-order chi connectivity index (χ0) is 13.1. The second-order valence-corrected chi connectivity index (χ2v) is 4.33. The maximum absolute atomic E-state index is 5.88. The van der Waals surface area contributed by atoms with Gasteiger partial charge in [0.2, 0.25) is 0 Å². The number of rotatable bonds is 5. The van der Waals surface area contributed by atoms with Crippen molar-refractivity contribution in [3.8, 4) is 0 Å². The van der Waals surface area contributed by atoms with Crippen LogP contribution in [0, 0.1) is 6.92 Å². The number of methoxy groups -OCH3 is 1. The van der Waals surface area contributed by atoms with Crippen LogP contribution in [0.1, 0.15) is 31.5 Å². The first-order chi connectivity index (χ1) is 8.69. The second-order valence-electron chi connectivity index (χ2n) is 4.33. The zero-order valence-corrected chi connectivity index (χ0v) is 11.1. The standard InChI is InChI=1S/C12H19N5O/c1-4-9(5-6-18-3)17-12-10(8(2)16-17)11(13)14-7-15-12/h7,9H,4-6H2,1-3H3,(H2,13,14,15). The van der Waals surface area contributed by atoms with Crippen LogP contribution >= 0.6 is 0 Å². The number of nitrogens with two attached hydrogens (primary N) is 1. The summed E-state index contributed by atoms with van der Waals surface area (Å²) in [6.07, 6.45) is 3.37. The van der Waals surface area contributed by atoms with Crippen LogP contribution in [0.2, 0.25) is 0 Å². The van der Waals surface area contributed by atoms with Crippen molar-refractivity contribution in [3.05, 3.63) is 12.0 Å². The minimum absolute atomic E-state index is 0.274. The van der Waals surface area contributed by atoms with Gasteiger partial charge < -0.3 is 10.5 Å². The SMILES string of the molecule is CCC(CCOC)n1nc(C)c2c(N)ncnc21. The highest BCUT2D eigenvalue weighted by Gasteiger charge is 2.17. The van der Waals surface area contributed by atoms with Gasteiger partial charge in [-0.2, -0.15) is 5.10 Å². The summed E-state index contributed by atoms with van der Waals surface area (Å²) in [7, 11) is 1.71. The smallest absolute Gasteiger partial charge is 0.163 e. The molecule has 2 aromatic heterocycles. The molecule has 0 aliphatic rings. The third kappa shape index (κ3) is 2.15. The second kappa shape index (κ2) is 5.30. The minimum atomic E-state index is 0.274. The van der Waals surface area contributed by atoms with E-state index in [-0.39, 0.29) is 6.04 Å². The predicted molar refractivity (Wildman–Crippen MR) is 70.3 cm³/mol. The highest BCUT2D eigenvalue weighted by molar-refractivity contribution is 5.87. The number of nitrogen functional groups attached to an aromatic ring is 1. The summed E-state index contributed by atoms with van der Waals surface area (Å²) < 4.78 is 7.09. The third-order valence-corrected chi connectivity index (χ3v) is 3.17. The van der Waals surface area contributed by atoms with Crippen LogP contribution in [0.15, 0.2) is 6.33 Å². The fourth-order valence-electron chi connectivity index (χ4n) is 2.18. The molecule has 2 rings (SSSR count). The highest BCUT2D eigenvalue weighted by atomic mass is 16.5. The monoisotopic (exact) mass is 249 g/mol. The molecule has 0 fully saturated rings. The summed E-state index contributed by atoms with van der Waals surface area (Å²) in [6, 6.07) is 0.274. The van der Waals surface area contributed by atoms with E-state index in [0.717, 1.165) is 29.6 Å². The van der Waals surface area contributed by atoms with Gasteiger partial charge in [0.15, 0.2) is 5.65 Å². The molecule has 1 atom stereocenters.